The lowest BCUT2D eigenvalue weighted by atomic mass is 9.96. The summed E-state index contributed by atoms with van der Waals surface area (Å²) >= 11 is 0. The number of halogens is 1. The Balaban J connectivity index is 0.00000420. The first-order valence-electron chi connectivity index (χ1n) is 10.3. The third kappa shape index (κ3) is 9.20. The molecule has 29 heavy (non-hydrogen) atoms. The van der Waals surface area contributed by atoms with Crippen molar-refractivity contribution in [1.29, 1.82) is 0 Å². The second-order valence-electron chi connectivity index (χ2n) is 7.16. The number of carbonyl (C=O) groups excluding carboxylic acids is 1. The number of hydrogen-bond acceptors (Lipinski definition) is 4. The highest BCUT2D eigenvalue weighted by atomic mass is 127. The van der Waals surface area contributed by atoms with Crippen LogP contribution in [0.1, 0.15) is 38.2 Å². The number of primary amides is 1. The van der Waals surface area contributed by atoms with Gasteiger partial charge in [0.1, 0.15) is 5.75 Å². The van der Waals surface area contributed by atoms with E-state index in [9.17, 15) is 4.79 Å². The molecule has 0 atom stereocenters. The number of aliphatic imine (C=N–C) groups is 1. The van der Waals surface area contributed by atoms with E-state index in [-0.39, 0.29) is 35.8 Å². The van der Waals surface area contributed by atoms with Crippen LogP contribution >= 0.6 is 24.0 Å². The highest BCUT2D eigenvalue weighted by Gasteiger charge is 2.22. The van der Waals surface area contributed by atoms with Gasteiger partial charge >= 0.3 is 0 Å². The molecule has 7 nitrogen and oxygen atoms in total. The van der Waals surface area contributed by atoms with Gasteiger partial charge < -0.3 is 26.0 Å². The van der Waals surface area contributed by atoms with Gasteiger partial charge in [-0.1, -0.05) is 18.2 Å². The number of guanidine groups is 1. The molecule has 0 unspecified atom stereocenters. The Kier molecular flexibility index (Phi) is 12.7. The van der Waals surface area contributed by atoms with Gasteiger partial charge in [0.15, 0.2) is 5.96 Å². The number of rotatable bonds is 10. The molecule has 1 saturated heterocycles. The topological polar surface area (TPSA) is 92.0 Å². The van der Waals surface area contributed by atoms with E-state index in [1.54, 1.807) is 7.11 Å². The fourth-order valence-corrected chi connectivity index (χ4v) is 3.45. The smallest absolute Gasteiger partial charge is 0.220 e. The summed E-state index contributed by atoms with van der Waals surface area (Å²) < 4.78 is 5.39. The lowest BCUT2D eigenvalue weighted by Crippen LogP contribution is -2.39. The van der Waals surface area contributed by atoms with Crippen molar-refractivity contribution in [1.82, 2.24) is 15.5 Å². The van der Waals surface area contributed by atoms with Gasteiger partial charge in [0.25, 0.3) is 0 Å². The maximum Gasteiger partial charge on any atom is 0.220 e. The molecule has 8 heteroatoms. The number of nitrogens with zero attached hydrogens (tertiary/aromatic N) is 2. The van der Waals surface area contributed by atoms with Crippen molar-refractivity contribution in [3.05, 3.63) is 29.8 Å². The van der Waals surface area contributed by atoms with E-state index in [1.165, 1.54) is 0 Å². The number of amides is 1. The molecule has 0 saturated carbocycles. The van der Waals surface area contributed by atoms with E-state index in [0.717, 1.165) is 75.7 Å². The van der Waals surface area contributed by atoms with Gasteiger partial charge in [-0.2, -0.15) is 0 Å². The standard InChI is InChI=1S/C21H35N5O2.HI/c1-3-23-21(25-16-18-8-4-5-9-19(18)28-2)24-12-6-7-13-26-14-10-17(11-15-26)20(22)27;/h4-5,8-9,17H,3,6-7,10-16H2,1-2H3,(H2,22,27)(H2,23,24,25);1H. The summed E-state index contributed by atoms with van der Waals surface area (Å²) in [5, 5.41) is 6.70. The lowest BCUT2D eigenvalue weighted by Gasteiger charge is -2.30. The van der Waals surface area contributed by atoms with E-state index in [0.29, 0.717) is 6.54 Å². The molecule has 4 N–H and O–H groups in total. The lowest BCUT2D eigenvalue weighted by molar-refractivity contribution is -0.123. The summed E-state index contributed by atoms with van der Waals surface area (Å²) in [6.07, 6.45) is 4.00. The monoisotopic (exact) mass is 517 g/mol. The summed E-state index contributed by atoms with van der Waals surface area (Å²) in [7, 11) is 1.68. The quantitative estimate of drug-likeness (QED) is 0.192. The third-order valence-electron chi connectivity index (χ3n) is 5.13. The molecule has 1 fully saturated rings. The summed E-state index contributed by atoms with van der Waals surface area (Å²) in [5.41, 5.74) is 6.46. The second kappa shape index (κ2) is 14.4. The number of unbranched alkanes of at least 4 members (excludes halogenated alkanes) is 1. The Bertz CT molecular complexity index is 633. The minimum absolute atomic E-state index is 0. The van der Waals surface area contributed by atoms with Crippen LogP contribution in [0.2, 0.25) is 0 Å². The minimum atomic E-state index is -0.146. The Morgan fingerprint density at radius 3 is 2.62 bits per heavy atom. The van der Waals surface area contributed by atoms with Crippen LogP contribution in [0.5, 0.6) is 5.75 Å². The SMILES string of the molecule is CCNC(=NCc1ccccc1OC)NCCCCN1CCC(C(N)=O)CC1.I. The van der Waals surface area contributed by atoms with Gasteiger partial charge in [0, 0.05) is 24.6 Å². The highest BCUT2D eigenvalue weighted by molar-refractivity contribution is 14.0. The molecule has 1 aliphatic heterocycles. The maximum absolute atomic E-state index is 11.2. The van der Waals surface area contributed by atoms with Crippen molar-refractivity contribution < 1.29 is 9.53 Å². The van der Waals surface area contributed by atoms with Crippen LogP contribution in [0.15, 0.2) is 29.3 Å². The molecule has 0 spiro atoms. The Morgan fingerprint density at radius 2 is 1.97 bits per heavy atom. The molecule has 0 bridgehead atoms. The third-order valence-corrected chi connectivity index (χ3v) is 5.13. The first-order valence-corrected chi connectivity index (χ1v) is 10.3. The maximum atomic E-state index is 11.2. The number of para-hydroxylation sites is 1. The number of methoxy groups -OCH3 is 1. The largest absolute Gasteiger partial charge is 0.496 e. The van der Waals surface area contributed by atoms with Gasteiger partial charge in [-0.15, -0.1) is 24.0 Å². The molecular weight excluding hydrogens is 481 g/mol. The summed E-state index contributed by atoms with van der Waals surface area (Å²) in [5.74, 6) is 1.62. The van der Waals surface area contributed by atoms with Gasteiger partial charge in [-0.3, -0.25) is 4.79 Å². The molecule has 1 amide bonds. The van der Waals surface area contributed by atoms with Crippen LogP contribution in [0.3, 0.4) is 0 Å². The van der Waals surface area contributed by atoms with Crippen LogP contribution in [-0.4, -0.2) is 56.6 Å². The fraction of sp³-hybridized carbons (Fsp3) is 0.619. The first-order chi connectivity index (χ1) is 13.6. The van der Waals surface area contributed by atoms with E-state index >= 15 is 0 Å². The van der Waals surface area contributed by atoms with Crippen molar-refractivity contribution in [2.24, 2.45) is 16.6 Å². The minimum Gasteiger partial charge on any atom is -0.496 e. The predicted octanol–water partition coefficient (Wildman–Crippen LogP) is 2.35. The van der Waals surface area contributed by atoms with Crippen LogP contribution in [0.25, 0.3) is 0 Å². The average molecular weight is 517 g/mol. The number of likely N-dealkylation sites (tertiary alicyclic amines) is 1. The van der Waals surface area contributed by atoms with Crippen LogP contribution in [0, 0.1) is 5.92 Å². The van der Waals surface area contributed by atoms with Crippen LogP contribution < -0.4 is 21.1 Å². The summed E-state index contributed by atoms with van der Waals surface area (Å²) in [6.45, 7) is 7.38. The predicted molar refractivity (Wildman–Crippen MR) is 129 cm³/mol. The zero-order valence-electron chi connectivity index (χ0n) is 17.7. The Morgan fingerprint density at radius 1 is 1.24 bits per heavy atom. The Hall–Kier alpha value is -1.55. The molecule has 1 aromatic rings. The van der Waals surface area contributed by atoms with Gasteiger partial charge in [0.2, 0.25) is 5.91 Å². The van der Waals surface area contributed by atoms with Crippen molar-refractivity contribution in [2.45, 2.75) is 39.2 Å². The van der Waals surface area contributed by atoms with Gasteiger partial charge in [-0.25, -0.2) is 4.99 Å². The number of carbonyl (C=O) groups is 1. The van der Waals surface area contributed by atoms with E-state index in [2.05, 4.69) is 27.4 Å². The van der Waals surface area contributed by atoms with E-state index in [1.807, 2.05) is 24.3 Å². The molecular formula is C21H36IN5O2. The summed E-state index contributed by atoms with van der Waals surface area (Å²) in [4.78, 5) is 18.3. The first kappa shape index (κ1) is 25.5. The molecule has 0 aromatic heterocycles. The van der Waals surface area contributed by atoms with Crippen molar-refractivity contribution in [3.8, 4) is 5.75 Å². The zero-order chi connectivity index (χ0) is 20.2. The fourth-order valence-electron chi connectivity index (χ4n) is 3.45. The molecule has 2 rings (SSSR count). The molecule has 1 aromatic carbocycles. The molecule has 1 aliphatic rings. The number of benzene rings is 1. The van der Waals surface area contributed by atoms with Crippen molar-refractivity contribution in [2.75, 3.05) is 39.8 Å². The van der Waals surface area contributed by atoms with Gasteiger partial charge in [0.05, 0.1) is 13.7 Å². The molecule has 164 valence electrons. The van der Waals surface area contributed by atoms with Crippen LogP contribution in [0.4, 0.5) is 0 Å². The van der Waals surface area contributed by atoms with Crippen molar-refractivity contribution in [3.63, 3.8) is 0 Å². The number of ether oxygens (including phenoxy) is 1. The normalized spacial score (nSPS) is 15.4. The number of hydrogen-bond donors (Lipinski definition) is 3. The number of nitrogens with two attached hydrogens (primary N) is 1. The molecule has 1 heterocycles. The Labute approximate surface area is 191 Å². The molecule has 0 aliphatic carbocycles. The van der Waals surface area contributed by atoms with Crippen LogP contribution in [-0.2, 0) is 11.3 Å². The number of nitrogens with one attached hydrogen (secondary N) is 2. The second-order valence-corrected chi connectivity index (χ2v) is 7.16. The molecule has 0 radical (unpaired) electrons. The van der Waals surface area contributed by atoms with E-state index in [4.69, 9.17) is 10.5 Å². The van der Waals surface area contributed by atoms with Crippen molar-refractivity contribution >= 4 is 35.8 Å². The average Bonchev–Trinajstić information content (AvgIpc) is 2.72. The highest BCUT2D eigenvalue weighted by Crippen LogP contribution is 2.18. The van der Waals surface area contributed by atoms with Gasteiger partial charge in [-0.05, 0) is 58.3 Å². The number of piperidine rings is 1. The van der Waals surface area contributed by atoms with E-state index < -0.39 is 0 Å². The summed E-state index contributed by atoms with van der Waals surface area (Å²) in [6, 6.07) is 7.95. The zero-order valence-corrected chi connectivity index (χ0v) is 20.0.